The summed E-state index contributed by atoms with van der Waals surface area (Å²) in [5.74, 6) is 0.932. The predicted molar refractivity (Wildman–Crippen MR) is 75.9 cm³/mol. The second-order valence-electron chi connectivity index (χ2n) is 4.45. The van der Waals surface area contributed by atoms with E-state index in [0.29, 0.717) is 0 Å². The number of halogens is 1. The maximum atomic E-state index is 6.18. The fraction of sp³-hybridized carbons (Fsp3) is 0.571. The first-order valence-electron chi connectivity index (χ1n) is 6.16. The molecule has 2 N–H and O–H groups in total. The Bertz CT molecular complexity index is 315. The first kappa shape index (κ1) is 16.3. The molecule has 0 fully saturated rings. The van der Waals surface area contributed by atoms with Crippen molar-refractivity contribution >= 4 is 12.4 Å². The molecule has 0 aliphatic heterocycles. The van der Waals surface area contributed by atoms with Crippen molar-refractivity contribution in [2.45, 2.75) is 52.2 Å². The minimum atomic E-state index is 0. The predicted octanol–water partition coefficient (Wildman–Crippen LogP) is 4.09. The Morgan fingerprint density at radius 1 is 1.24 bits per heavy atom. The third-order valence-corrected chi connectivity index (χ3v) is 2.55. The topological polar surface area (TPSA) is 35.2 Å². The maximum Gasteiger partial charge on any atom is 0.124 e. The number of para-hydroxylation sites is 1. The zero-order chi connectivity index (χ0) is 12.0. The van der Waals surface area contributed by atoms with Crippen molar-refractivity contribution in [1.82, 2.24) is 0 Å². The molecular formula is C14H24ClNO. The van der Waals surface area contributed by atoms with Gasteiger partial charge >= 0.3 is 0 Å². The van der Waals surface area contributed by atoms with Crippen LogP contribution in [0.2, 0.25) is 0 Å². The highest BCUT2D eigenvalue weighted by Crippen LogP contribution is 2.27. The van der Waals surface area contributed by atoms with Gasteiger partial charge in [-0.25, -0.2) is 0 Å². The third kappa shape index (κ3) is 5.42. The molecule has 3 heteroatoms. The SMILES string of the molecule is CCCC[C@H](N)c1ccccc1OC(C)C.Cl. The van der Waals surface area contributed by atoms with Crippen LogP contribution in [0.5, 0.6) is 5.75 Å². The molecule has 0 heterocycles. The molecule has 2 nitrogen and oxygen atoms in total. The minimum absolute atomic E-state index is 0. The van der Waals surface area contributed by atoms with Crippen molar-refractivity contribution < 1.29 is 4.74 Å². The summed E-state index contributed by atoms with van der Waals surface area (Å²) in [5.41, 5.74) is 7.31. The summed E-state index contributed by atoms with van der Waals surface area (Å²) in [7, 11) is 0. The van der Waals surface area contributed by atoms with Crippen molar-refractivity contribution in [1.29, 1.82) is 0 Å². The molecule has 0 saturated carbocycles. The molecular weight excluding hydrogens is 234 g/mol. The van der Waals surface area contributed by atoms with Crippen molar-refractivity contribution in [3.05, 3.63) is 29.8 Å². The Labute approximate surface area is 111 Å². The number of unbranched alkanes of at least 4 members (excludes halogenated alkanes) is 1. The van der Waals surface area contributed by atoms with E-state index in [2.05, 4.69) is 13.0 Å². The average molecular weight is 258 g/mol. The van der Waals surface area contributed by atoms with Crippen molar-refractivity contribution in [3.8, 4) is 5.75 Å². The van der Waals surface area contributed by atoms with Gasteiger partial charge in [-0.05, 0) is 26.3 Å². The lowest BCUT2D eigenvalue weighted by Crippen LogP contribution is -2.14. The van der Waals surface area contributed by atoms with Gasteiger partial charge in [0.15, 0.2) is 0 Å². The highest BCUT2D eigenvalue weighted by atomic mass is 35.5. The van der Waals surface area contributed by atoms with Gasteiger partial charge in [0.05, 0.1) is 6.10 Å². The normalized spacial score (nSPS) is 12.1. The zero-order valence-electron chi connectivity index (χ0n) is 11.0. The van der Waals surface area contributed by atoms with E-state index in [4.69, 9.17) is 10.5 Å². The monoisotopic (exact) mass is 257 g/mol. The van der Waals surface area contributed by atoms with Gasteiger partial charge in [-0.15, -0.1) is 12.4 Å². The minimum Gasteiger partial charge on any atom is -0.491 e. The van der Waals surface area contributed by atoms with Crippen LogP contribution in [0.3, 0.4) is 0 Å². The lowest BCUT2D eigenvalue weighted by atomic mass is 10.0. The highest BCUT2D eigenvalue weighted by Gasteiger charge is 2.11. The van der Waals surface area contributed by atoms with E-state index >= 15 is 0 Å². The summed E-state index contributed by atoms with van der Waals surface area (Å²) in [6.45, 7) is 6.26. The second-order valence-corrected chi connectivity index (χ2v) is 4.45. The van der Waals surface area contributed by atoms with E-state index < -0.39 is 0 Å². The smallest absolute Gasteiger partial charge is 0.124 e. The first-order chi connectivity index (χ1) is 7.65. The van der Waals surface area contributed by atoms with Crippen LogP contribution in [0, 0.1) is 0 Å². The highest BCUT2D eigenvalue weighted by molar-refractivity contribution is 5.85. The van der Waals surface area contributed by atoms with Crippen molar-refractivity contribution in [2.75, 3.05) is 0 Å². The number of rotatable bonds is 6. The van der Waals surface area contributed by atoms with Crippen LogP contribution in [-0.2, 0) is 0 Å². The van der Waals surface area contributed by atoms with Gasteiger partial charge in [0.25, 0.3) is 0 Å². The molecule has 0 amide bonds. The lowest BCUT2D eigenvalue weighted by molar-refractivity contribution is 0.238. The largest absolute Gasteiger partial charge is 0.491 e. The molecule has 1 rings (SSSR count). The molecule has 1 atom stereocenters. The molecule has 1 aromatic carbocycles. The van der Waals surface area contributed by atoms with E-state index in [1.807, 2.05) is 32.0 Å². The number of ether oxygens (including phenoxy) is 1. The van der Waals surface area contributed by atoms with Gasteiger partial charge in [0.1, 0.15) is 5.75 Å². The number of benzene rings is 1. The maximum absolute atomic E-state index is 6.18. The molecule has 0 saturated heterocycles. The Balaban J connectivity index is 0.00000256. The van der Waals surface area contributed by atoms with Gasteiger partial charge in [-0.2, -0.15) is 0 Å². The van der Waals surface area contributed by atoms with Crippen LogP contribution in [0.1, 0.15) is 51.6 Å². The van der Waals surface area contributed by atoms with Crippen LogP contribution >= 0.6 is 12.4 Å². The Kier molecular flexibility index (Phi) is 8.01. The molecule has 0 bridgehead atoms. The van der Waals surface area contributed by atoms with E-state index in [9.17, 15) is 0 Å². The van der Waals surface area contributed by atoms with Crippen molar-refractivity contribution in [2.24, 2.45) is 5.73 Å². The fourth-order valence-corrected chi connectivity index (χ4v) is 1.73. The summed E-state index contributed by atoms with van der Waals surface area (Å²) in [4.78, 5) is 0. The Morgan fingerprint density at radius 2 is 1.88 bits per heavy atom. The molecule has 0 unspecified atom stereocenters. The van der Waals surface area contributed by atoms with E-state index in [1.54, 1.807) is 0 Å². The van der Waals surface area contributed by atoms with Crippen LogP contribution < -0.4 is 10.5 Å². The Morgan fingerprint density at radius 3 is 2.47 bits per heavy atom. The van der Waals surface area contributed by atoms with Gasteiger partial charge in [0.2, 0.25) is 0 Å². The molecule has 0 aliphatic carbocycles. The molecule has 0 aliphatic rings. The van der Waals surface area contributed by atoms with Crippen molar-refractivity contribution in [3.63, 3.8) is 0 Å². The van der Waals surface area contributed by atoms with E-state index in [0.717, 1.165) is 24.2 Å². The Hall–Kier alpha value is -0.730. The summed E-state index contributed by atoms with van der Waals surface area (Å²) < 4.78 is 5.77. The van der Waals surface area contributed by atoms with Crippen LogP contribution in [-0.4, -0.2) is 6.10 Å². The summed E-state index contributed by atoms with van der Waals surface area (Å²) in [6.07, 6.45) is 3.56. The van der Waals surface area contributed by atoms with Gasteiger partial charge in [-0.1, -0.05) is 38.0 Å². The summed E-state index contributed by atoms with van der Waals surface area (Å²) in [6, 6.07) is 8.18. The first-order valence-corrected chi connectivity index (χ1v) is 6.16. The number of hydrogen-bond donors (Lipinski definition) is 1. The van der Waals surface area contributed by atoms with Gasteiger partial charge < -0.3 is 10.5 Å². The summed E-state index contributed by atoms with van der Waals surface area (Å²) >= 11 is 0. The lowest BCUT2D eigenvalue weighted by Gasteiger charge is -2.18. The average Bonchev–Trinajstić information content (AvgIpc) is 2.26. The zero-order valence-corrected chi connectivity index (χ0v) is 11.8. The van der Waals surface area contributed by atoms with E-state index in [1.165, 1.54) is 6.42 Å². The molecule has 98 valence electrons. The van der Waals surface area contributed by atoms with Gasteiger partial charge in [-0.3, -0.25) is 0 Å². The molecule has 17 heavy (non-hydrogen) atoms. The quantitative estimate of drug-likeness (QED) is 0.833. The number of hydrogen-bond acceptors (Lipinski definition) is 2. The van der Waals surface area contributed by atoms with Gasteiger partial charge in [0, 0.05) is 11.6 Å². The van der Waals surface area contributed by atoms with Crippen LogP contribution in [0.15, 0.2) is 24.3 Å². The molecule has 0 aromatic heterocycles. The standard InChI is InChI=1S/C14H23NO.ClH/c1-4-5-9-13(15)12-8-6-7-10-14(12)16-11(2)3;/h6-8,10-11,13H,4-5,9,15H2,1-3H3;1H/t13-;/m0./s1. The van der Waals surface area contributed by atoms with Crippen LogP contribution in [0.25, 0.3) is 0 Å². The third-order valence-electron chi connectivity index (χ3n) is 2.55. The van der Waals surface area contributed by atoms with E-state index in [-0.39, 0.29) is 24.6 Å². The molecule has 0 spiro atoms. The van der Waals surface area contributed by atoms with Crippen LogP contribution in [0.4, 0.5) is 0 Å². The molecule has 1 aromatic rings. The number of nitrogens with two attached hydrogens (primary N) is 1. The second kappa shape index (κ2) is 8.37. The summed E-state index contributed by atoms with van der Waals surface area (Å²) in [5, 5.41) is 0. The molecule has 0 radical (unpaired) electrons. The fourth-order valence-electron chi connectivity index (χ4n) is 1.73.